The molecule has 2 aromatic carbocycles. The largest absolute Gasteiger partial charge is 0.494 e. The Labute approximate surface area is 183 Å². The van der Waals surface area contributed by atoms with Crippen molar-refractivity contribution >= 4 is 35.0 Å². The molecular weight excluding hydrogens is 427 g/mol. The number of nitrogens with zero attached hydrogens (tertiary/aromatic N) is 2. The van der Waals surface area contributed by atoms with E-state index in [1.165, 1.54) is 7.11 Å². The summed E-state index contributed by atoms with van der Waals surface area (Å²) in [5.74, 6) is -0.401. The normalized spacial score (nSPS) is 10.7. The van der Waals surface area contributed by atoms with Crippen LogP contribution in [-0.2, 0) is 4.79 Å². The number of ether oxygens (including phenoxy) is 1. The first kappa shape index (κ1) is 21.7. The zero-order valence-corrected chi connectivity index (χ0v) is 17.9. The topological polar surface area (TPSA) is 99.2 Å². The molecule has 0 aliphatic rings. The van der Waals surface area contributed by atoms with Crippen LogP contribution in [0.4, 0.5) is 0 Å². The van der Waals surface area contributed by atoms with E-state index in [0.717, 1.165) is 5.56 Å². The molecule has 1 aromatic heterocycles. The Bertz CT molecular complexity index is 1090. The Kier molecular flexibility index (Phi) is 6.64. The van der Waals surface area contributed by atoms with Gasteiger partial charge in [-0.25, -0.2) is 4.68 Å². The van der Waals surface area contributed by atoms with Crippen molar-refractivity contribution in [1.29, 1.82) is 0 Å². The molecule has 0 aliphatic carbocycles. The number of nitrogens with one attached hydrogen (secondary N) is 1. The van der Waals surface area contributed by atoms with Crippen LogP contribution in [0, 0.1) is 6.92 Å². The van der Waals surface area contributed by atoms with Crippen molar-refractivity contribution in [2.75, 3.05) is 13.7 Å². The van der Waals surface area contributed by atoms with Gasteiger partial charge >= 0.3 is 0 Å². The van der Waals surface area contributed by atoms with Gasteiger partial charge in [-0.15, -0.1) is 0 Å². The smallest absolute Gasteiger partial charge is 0.272 e. The first-order chi connectivity index (χ1) is 14.3. The fourth-order valence-corrected chi connectivity index (χ4v) is 3.33. The first-order valence-corrected chi connectivity index (χ1v) is 9.83. The molecule has 3 aromatic rings. The number of aromatic nitrogens is 2. The van der Waals surface area contributed by atoms with E-state index in [-0.39, 0.29) is 18.7 Å². The first-order valence-electron chi connectivity index (χ1n) is 9.07. The molecule has 0 saturated heterocycles. The molecule has 2 amide bonds. The highest BCUT2D eigenvalue weighted by molar-refractivity contribution is 6.31. The van der Waals surface area contributed by atoms with E-state index in [9.17, 15) is 9.59 Å². The number of halogens is 2. The highest BCUT2D eigenvalue weighted by Gasteiger charge is 2.23. The van der Waals surface area contributed by atoms with Gasteiger partial charge in [0.25, 0.3) is 5.91 Å². The molecule has 0 aliphatic heterocycles. The predicted molar refractivity (Wildman–Crippen MR) is 116 cm³/mol. The van der Waals surface area contributed by atoms with E-state index in [1.807, 2.05) is 12.1 Å². The molecule has 0 atom stereocenters. The quantitative estimate of drug-likeness (QED) is 0.576. The van der Waals surface area contributed by atoms with Crippen LogP contribution in [0.3, 0.4) is 0 Å². The van der Waals surface area contributed by atoms with Gasteiger partial charge in [-0.1, -0.05) is 35.3 Å². The van der Waals surface area contributed by atoms with E-state index in [1.54, 1.807) is 41.9 Å². The molecule has 156 valence electrons. The van der Waals surface area contributed by atoms with Gasteiger partial charge in [0.1, 0.15) is 11.4 Å². The lowest BCUT2D eigenvalue weighted by Crippen LogP contribution is -2.28. The van der Waals surface area contributed by atoms with Crippen molar-refractivity contribution in [3.05, 3.63) is 63.8 Å². The Morgan fingerprint density at radius 1 is 1.13 bits per heavy atom. The molecule has 7 nitrogen and oxygen atoms in total. The Morgan fingerprint density at radius 3 is 2.43 bits per heavy atom. The van der Waals surface area contributed by atoms with Crippen LogP contribution < -0.4 is 15.8 Å². The molecule has 9 heteroatoms. The number of primary amides is 1. The predicted octanol–water partition coefficient (Wildman–Crippen LogP) is 3.77. The van der Waals surface area contributed by atoms with Crippen LogP contribution in [0.25, 0.3) is 16.9 Å². The van der Waals surface area contributed by atoms with Gasteiger partial charge in [-0.3, -0.25) is 9.59 Å². The highest BCUT2D eigenvalue weighted by atomic mass is 35.5. The second kappa shape index (κ2) is 9.19. The average Bonchev–Trinajstić information content (AvgIpc) is 3.05. The summed E-state index contributed by atoms with van der Waals surface area (Å²) < 4.78 is 7.11. The lowest BCUT2D eigenvalue weighted by Gasteiger charge is -2.13. The summed E-state index contributed by atoms with van der Waals surface area (Å²) in [4.78, 5) is 23.7. The summed E-state index contributed by atoms with van der Waals surface area (Å²) in [5.41, 5.74) is 8.16. The number of carbonyl (C=O) groups is 2. The third-order valence-electron chi connectivity index (χ3n) is 4.48. The summed E-state index contributed by atoms with van der Waals surface area (Å²) in [6.45, 7) is 1.93. The molecule has 0 saturated carbocycles. The lowest BCUT2D eigenvalue weighted by atomic mass is 10.1. The molecule has 0 spiro atoms. The minimum Gasteiger partial charge on any atom is -0.494 e. The van der Waals surface area contributed by atoms with E-state index in [4.69, 9.17) is 33.7 Å². The molecular formula is C21H20Cl2N4O3. The average molecular weight is 447 g/mol. The van der Waals surface area contributed by atoms with Crippen molar-refractivity contribution in [2.24, 2.45) is 5.73 Å². The standard InChI is InChI=1S/C21H20Cl2N4O3/c1-12-19(21(29)25-10-9-18(24)28)26-27(16-8-7-15(23)11-17(16)30-2)20(12)13-3-5-14(22)6-4-13/h3-8,11H,9-10H2,1-2H3,(H2,24,28)(H,25,29). The Hall–Kier alpha value is -3.03. The number of carbonyl (C=O) groups excluding carboxylic acids is 2. The molecule has 3 N–H and O–H groups in total. The van der Waals surface area contributed by atoms with E-state index >= 15 is 0 Å². The fraction of sp³-hybridized carbons (Fsp3) is 0.190. The zero-order chi connectivity index (χ0) is 21.8. The Morgan fingerprint density at radius 2 is 1.80 bits per heavy atom. The maximum atomic E-state index is 12.7. The van der Waals surface area contributed by atoms with Crippen molar-refractivity contribution in [2.45, 2.75) is 13.3 Å². The van der Waals surface area contributed by atoms with E-state index in [0.29, 0.717) is 32.7 Å². The summed E-state index contributed by atoms with van der Waals surface area (Å²) in [5, 5.41) is 8.32. The van der Waals surface area contributed by atoms with Gasteiger partial charge in [0.2, 0.25) is 5.91 Å². The molecule has 30 heavy (non-hydrogen) atoms. The third kappa shape index (κ3) is 4.58. The maximum Gasteiger partial charge on any atom is 0.272 e. The number of methoxy groups -OCH3 is 1. The molecule has 0 fully saturated rings. The molecule has 0 radical (unpaired) electrons. The molecule has 0 bridgehead atoms. The van der Waals surface area contributed by atoms with Crippen LogP contribution in [0.2, 0.25) is 10.0 Å². The highest BCUT2D eigenvalue weighted by Crippen LogP contribution is 2.34. The summed E-state index contributed by atoms with van der Waals surface area (Å²) in [6.07, 6.45) is 0.0422. The molecule has 3 rings (SSSR count). The zero-order valence-electron chi connectivity index (χ0n) is 16.4. The van der Waals surface area contributed by atoms with Gasteiger partial charge in [-0.05, 0) is 31.2 Å². The molecule has 0 unspecified atom stereocenters. The number of benzene rings is 2. The number of hydrogen-bond acceptors (Lipinski definition) is 4. The van der Waals surface area contributed by atoms with Crippen molar-refractivity contribution in [1.82, 2.24) is 15.1 Å². The number of amides is 2. The summed E-state index contributed by atoms with van der Waals surface area (Å²) >= 11 is 12.1. The summed E-state index contributed by atoms with van der Waals surface area (Å²) in [7, 11) is 1.53. The number of rotatable bonds is 7. The third-order valence-corrected chi connectivity index (χ3v) is 4.97. The van der Waals surface area contributed by atoms with Crippen molar-refractivity contribution < 1.29 is 14.3 Å². The van der Waals surface area contributed by atoms with Gasteiger partial charge in [0, 0.05) is 40.2 Å². The SMILES string of the molecule is COc1cc(Cl)ccc1-n1nc(C(=O)NCCC(N)=O)c(C)c1-c1ccc(Cl)cc1. The number of hydrogen-bond donors (Lipinski definition) is 2. The second-order valence-corrected chi connectivity index (χ2v) is 7.40. The van der Waals surface area contributed by atoms with Gasteiger partial charge in [0.15, 0.2) is 5.69 Å². The van der Waals surface area contributed by atoms with Gasteiger partial charge < -0.3 is 15.8 Å². The fourth-order valence-electron chi connectivity index (χ4n) is 3.04. The Balaban J connectivity index is 2.14. The van der Waals surface area contributed by atoms with E-state index in [2.05, 4.69) is 10.4 Å². The van der Waals surface area contributed by atoms with Gasteiger partial charge in [0.05, 0.1) is 12.8 Å². The van der Waals surface area contributed by atoms with Crippen LogP contribution >= 0.6 is 23.2 Å². The van der Waals surface area contributed by atoms with Gasteiger partial charge in [-0.2, -0.15) is 5.10 Å². The van der Waals surface area contributed by atoms with Crippen LogP contribution in [0.15, 0.2) is 42.5 Å². The van der Waals surface area contributed by atoms with Crippen molar-refractivity contribution in [3.63, 3.8) is 0 Å². The van der Waals surface area contributed by atoms with Crippen LogP contribution in [0.5, 0.6) is 5.75 Å². The number of nitrogens with two attached hydrogens (primary N) is 1. The monoisotopic (exact) mass is 446 g/mol. The van der Waals surface area contributed by atoms with E-state index < -0.39 is 11.8 Å². The molecule has 1 heterocycles. The van der Waals surface area contributed by atoms with Crippen molar-refractivity contribution in [3.8, 4) is 22.7 Å². The summed E-state index contributed by atoms with van der Waals surface area (Å²) in [6, 6.07) is 12.4. The second-order valence-electron chi connectivity index (χ2n) is 6.53. The maximum absolute atomic E-state index is 12.7. The van der Waals surface area contributed by atoms with Crippen LogP contribution in [0.1, 0.15) is 22.5 Å². The van der Waals surface area contributed by atoms with Crippen LogP contribution in [-0.4, -0.2) is 35.2 Å². The minimum absolute atomic E-state index is 0.0422. The lowest BCUT2D eigenvalue weighted by molar-refractivity contribution is -0.117. The minimum atomic E-state index is -0.495.